The number of sulfonamides is 1. The van der Waals surface area contributed by atoms with Crippen molar-refractivity contribution in [2.75, 3.05) is 11.8 Å². The fourth-order valence-corrected chi connectivity index (χ4v) is 4.24. The van der Waals surface area contributed by atoms with Gasteiger partial charge in [0.05, 0.1) is 24.1 Å². The molecule has 0 spiro atoms. The van der Waals surface area contributed by atoms with Gasteiger partial charge in [0.2, 0.25) is 0 Å². The molecule has 2 N–H and O–H groups in total. The van der Waals surface area contributed by atoms with E-state index >= 15 is 0 Å². The minimum absolute atomic E-state index is 0.0177. The van der Waals surface area contributed by atoms with Crippen LogP contribution in [0, 0.1) is 0 Å². The summed E-state index contributed by atoms with van der Waals surface area (Å²) in [6.07, 6.45) is 1.60. The molecule has 8 nitrogen and oxygen atoms in total. The van der Waals surface area contributed by atoms with Crippen LogP contribution >= 0.6 is 11.3 Å². The lowest BCUT2D eigenvalue weighted by atomic mass is 10.2. The molecule has 10 heteroatoms. The predicted molar refractivity (Wildman–Crippen MR) is 96.1 cm³/mol. The van der Waals surface area contributed by atoms with Crippen molar-refractivity contribution in [2.24, 2.45) is 0 Å². The second-order valence-electron chi connectivity index (χ2n) is 5.03. The van der Waals surface area contributed by atoms with Crippen LogP contribution in [0.1, 0.15) is 10.4 Å². The molecule has 0 saturated heterocycles. The number of nitrogens with zero attached hydrogens (tertiary/aromatic N) is 2. The van der Waals surface area contributed by atoms with Crippen LogP contribution in [0.3, 0.4) is 0 Å². The largest absolute Gasteiger partial charge is 0.495 e. The van der Waals surface area contributed by atoms with E-state index < -0.39 is 16.0 Å². The van der Waals surface area contributed by atoms with Gasteiger partial charge in [0.15, 0.2) is 5.03 Å². The highest BCUT2D eigenvalue weighted by Crippen LogP contribution is 2.29. The van der Waals surface area contributed by atoms with Gasteiger partial charge in [-0.25, -0.2) is 9.78 Å². The fraction of sp³-hybridized carbons (Fsp3) is 0.0625. The Hall–Kier alpha value is -2.98. The normalized spacial score (nSPS) is 11.1. The SMILES string of the molecule is COc1cc(C(=O)O)ccc1NS(=O)(=O)c1csc(-c2ccccn2)n1. The van der Waals surface area contributed by atoms with Gasteiger partial charge >= 0.3 is 5.97 Å². The van der Waals surface area contributed by atoms with E-state index in [1.165, 1.54) is 30.7 Å². The Balaban J connectivity index is 1.90. The molecule has 26 heavy (non-hydrogen) atoms. The highest BCUT2D eigenvalue weighted by Gasteiger charge is 2.21. The average Bonchev–Trinajstić information content (AvgIpc) is 3.13. The van der Waals surface area contributed by atoms with E-state index in [0.717, 1.165) is 11.3 Å². The van der Waals surface area contributed by atoms with E-state index in [9.17, 15) is 13.2 Å². The standard InChI is InChI=1S/C16H13N3O5S2/c1-24-13-8-10(16(20)21)5-6-11(13)19-26(22,23)14-9-25-15(18-14)12-4-2-3-7-17-12/h2-9,19H,1H3,(H,20,21). The molecule has 3 aromatic rings. The van der Waals surface area contributed by atoms with E-state index in [2.05, 4.69) is 14.7 Å². The van der Waals surface area contributed by atoms with Crippen molar-refractivity contribution < 1.29 is 23.1 Å². The van der Waals surface area contributed by atoms with E-state index in [1.807, 2.05) is 0 Å². The van der Waals surface area contributed by atoms with E-state index in [1.54, 1.807) is 24.4 Å². The number of pyridine rings is 1. The van der Waals surface area contributed by atoms with E-state index in [-0.39, 0.29) is 22.0 Å². The Bertz CT molecular complexity index is 1050. The number of anilines is 1. The molecule has 0 aliphatic carbocycles. The maximum Gasteiger partial charge on any atom is 0.335 e. The van der Waals surface area contributed by atoms with Crippen LogP contribution in [0.4, 0.5) is 5.69 Å². The summed E-state index contributed by atoms with van der Waals surface area (Å²) in [6.45, 7) is 0. The average molecular weight is 391 g/mol. The van der Waals surface area contributed by atoms with Crippen LogP contribution in [0.15, 0.2) is 53.0 Å². The summed E-state index contributed by atoms with van der Waals surface area (Å²) in [6, 6.07) is 9.11. The van der Waals surface area contributed by atoms with Crippen molar-refractivity contribution >= 4 is 33.0 Å². The minimum Gasteiger partial charge on any atom is -0.495 e. The molecule has 3 rings (SSSR count). The van der Waals surface area contributed by atoms with Gasteiger partial charge in [-0.15, -0.1) is 11.3 Å². The second kappa shape index (κ2) is 7.10. The summed E-state index contributed by atoms with van der Waals surface area (Å²) in [4.78, 5) is 19.3. The number of aromatic nitrogens is 2. The van der Waals surface area contributed by atoms with Gasteiger partial charge in [-0.05, 0) is 30.3 Å². The molecule has 0 radical (unpaired) electrons. The Labute approximate surface area is 153 Å². The summed E-state index contributed by atoms with van der Waals surface area (Å²) in [7, 11) is -2.65. The van der Waals surface area contributed by atoms with Gasteiger partial charge < -0.3 is 9.84 Å². The number of benzene rings is 1. The highest BCUT2D eigenvalue weighted by molar-refractivity contribution is 7.92. The number of aromatic carboxylic acids is 1. The van der Waals surface area contributed by atoms with Crippen LogP contribution in [0.5, 0.6) is 5.75 Å². The Morgan fingerprint density at radius 2 is 2.08 bits per heavy atom. The van der Waals surface area contributed by atoms with Crippen molar-refractivity contribution in [1.82, 2.24) is 9.97 Å². The van der Waals surface area contributed by atoms with Gasteiger partial charge in [0.1, 0.15) is 10.8 Å². The number of ether oxygens (including phenoxy) is 1. The molecule has 134 valence electrons. The van der Waals surface area contributed by atoms with Crippen LogP contribution in [-0.2, 0) is 10.0 Å². The molecule has 1 aromatic carbocycles. The predicted octanol–water partition coefficient (Wildman–Crippen LogP) is 2.71. The smallest absolute Gasteiger partial charge is 0.335 e. The molecule has 0 saturated carbocycles. The van der Waals surface area contributed by atoms with Crippen molar-refractivity contribution in [2.45, 2.75) is 5.03 Å². The van der Waals surface area contributed by atoms with Crippen LogP contribution in [0.2, 0.25) is 0 Å². The molecule has 0 fully saturated rings. The molecule has 0 bridgehead atoms. The number of methoxy groups -OCH3 is 1. The zero-order chi connectivity index (χ0) is 18.7. The third kappa shape index (κ3) is 3.65. The summed E-state index contributed by atoms with van der Waals surface area (Å²) in [5.41, 5.74) is 0.670. The number of thiazole rings is 1. The Morgan fingerprint density at radius 3 is 2.73 bits per heavy atom. The topological polar surface area (TPSA) is 118 Å². The van der Waals surface area contributed by atoms with Gasteiger partial charge in [0, 0.05) is 11.6 Å². The minimum atomic E-state index is -3.97. The summed E-state index contributed by atoms with van der Waals surface area (Å²) < 4.78 is 32.6. The fourth-order valence-electron chi connectivity index (χ4n) is 2.09. The lowest BCUT2D eigenvalue weighted by molar-refractivity contribution is 0.0696. The van der Waals surface area contributed by atoms with Crippen molar-refractivity contribution in [3.63, 3.8) is 0 Å². The number of hydrogen-bond acceptors (Lipinski definition) is 7. The molecule has 0 atom stereocenters. The molecule has 0 aliphatic heterocycles. The van der Waals surface area contributed by atoms with Crippen molar-refractivity contribution in [3.05, 3.63) is 53.5 Å². The maximum absolute atomic E-state index is 12.6. The van der Waals surface area contributed by atoms with Crippen molar-refractivity contribution in [1.29, 1.82) is 0 Å². The number of nitrogens with one attached hydrogen (secondary N) is 1. The first-order chi connectivity index (χ1) is 12.4. The Morgan fingerprint density at radius 1 is 1.27 bits per heavy atom. The monoisotopic (exact) mass is 391 g/mol. The summed E-state index contributed by atoms with van der Waals surface area (Å²) in [5, 5.41) is 10.7. The zero-order valence-electron chi connectivity index (χ0n) is 13.4. The lowest BCUT2D eigenvalue weighted by Crippen LogP contribution is -2.14. The number of rotatable bonds is 6. The number of carboxylic acids is 1. The third-order valence-electron chi connectivity index (χ3n) is 3.34. The highest BCUT2D eigenvalue weighted by atomic mass is 32.2. The van der Waals surface area contributed by atoms with Crippen LogP contribution in [-0.4, -0.2) is 36.6 Å². The van der Waals surface area contributed by atoms with Crippen molar-refractivity contribution in [3.8, 4) is 16.5 Å². The molecular weight excluding hydrogens is 378 g/mol. The quantitative estimate of drug-likeness (QED) is 0.663. The third-order valence-corrected chi connectivity index (χ3v) is 5.60. The maximum atomic E-state index is 12.6. The first-order valence-electron chi connectivity index (χ1n) is 7.22. The van der Waals surface area contributed by atoms with E-state index in [4.69, 9.17) is 9.84 Å². The lowest BCUT2D eigenvalue weighted by Gasteiger charge is -2.11. The molecular formula is C16H13N3O5S2. The number of carboxylic acid groups (broad SMARTS) is 1. The summed E-state index contributed by atoms with van der Waals surface area (Å²) in [5.74, 6) is -1.05. The zero-order valence-corrected chi connectivity index (χ0v) is 15.0. The van der Waals surface area contributed by atoms with E-state index in [0.29, 0.717) is 10.7 Å². The Kier molecular flexibility index (Phi) is 4.87. The van der Waals surface area contributed by atoms with Crippen LogP contribution < -0.4 is 9.46 Å². The number of hydrogen-bond donors (Lipinski definition) is 2. The first kappa shape index (κ1) is 17.8. The first-order valence-corrected chi connectivity index (χ1v) is 9.58. The summed E-state index contributed by atoms with van der Waals surface area (Å²) >= 11 is 1.15. The molecule has 2 heterocycles. The van der Waals surface area contributed by atoms with Crippen LogP contribution in [0.25, 0.3) is 10.7 Å². The molecule has 0 unspecified atom stereocenters. The second-order valence-corrected chi connectivity index (χ2v) is 7.52. The molecule has 0 amide bonds. The molecule has 2 aromatic heterocycles. The van der Waals surface area contributed by atoms with Gasteiger partial charge in [0.25, 0.3) is 10.0 Å². The van der Waals surface area contributed by atoms with Gasteiger partial charge in [-0.1, -0.05) is 6.07 Å². The number of carbonyl (C=O) groups is 1. The van der Waals surface area contributed by atoms with Gasteiger partial charge in [-0.3, -0.25) is 9.71 Å². The molecule has 0 aliphatic rings. The van der Waals surface area contributed by atoms with Gasteiger partial charge in [-0.2, -0.15) is 8.42 Å².